The predicted octanol–water partition coefficient (Wildman–Crippen LogP) is 0.729. The van der Waals surface area contributed by atoms with E-state index in [9.17, 15) is 4.79 Å². The number of amides is 2. The molecular formula is C10H20N4OS. The van der Waals surface area contributed by atoms with E-state index in [4.69, 9.17) is 0 Å². The van der Waals surface area contributed by atoms with Crippen LogP contribution in [0.1, 0.15) is 13.3 Å². The van der Waals surface area contributed by atoms with E-state index in [1.54, 1.807) is 25.9 Å². The predicted molar refractivity (Wildman–Crippen MR) is 69.1 cm³/mol. The summed E-state index contributed by atoms with van der Waals surface area (Å²) in [7, 11) is 3.45. The molecule has 1 unspecified atom stereocenters. The van der Waals surface area contributed by atoms with E-state index in [0.717, 1.165) is 17.3 Å². The molecule has 1 saturated heterocycles. The topological polar surface area (TPSA) is 56.7 Å². The normalized spacial score (nSPS) is 21.9. The van der Waals surface area contributed by atoms with Crippen LogP contribution in [-0.4, -0.2) is 55.1 Å². The van der Waals surface area contributed by atoms with E-state index in [2.05, 4.69) is 22.5 Å². The minimum Gasteiger partial charge on any atom is -0.361 e. The zero-order valence-electron chi connectivity index (χ0n) is 10.1. The van der Waals surface area contributed by atoms with E-state index in [-0.39, 0.29) is 6.03 Å². The van der Waals surface area contributed by atoms with Gasteiger partial charge < -0.3 is 15.5 Å². The Morgan fingerprint density at radius 2 is 2.44 bits per heavy atom. The van der Waals surface area contributed by atoms with Gasteiger partial charge in [0, 0.05) is 32.4 Å². The highest BCUT2D eigenvalue weighted by Gasteiger charge is 2.17. The second kappa shape index (κ2) is 6.62. The first kappa shape index (κ1) is 13.2. The standard InChI is InChI=1S/C10H20N4OS/c1-4-8-7-16-9(13-8)11-5-6-12-10(15)14(2)3/h8H,4-7H2,1-3H3,(H,11,13)(H,12,15). The van der Waals surface area contributed by atoms with Crippen molar-refractivity contribution in [1.82, 2.24) is 15.5 Å². The summed E-state index contributed by atoms with van der Waals surface area (Å²) in [6, 6.07) is 0.485. The van der Waals surface area contributed by atoms with E-state index in [1.165, 1.54) is 4.90 Å². The molecule has 2 N–H and O–H groups in total. The van der Waals surface area contributed by atoms with Gasteiger partial charge in [-0.25, -0.2) is 4.79 Å². The van der Waals surface area contributed by atoms with Crippen molar-refractivity contribution < 1.29 is 4.79 Å². The van der Waals surface area contributed by atoms with Crippen molar-refractivity contribution in [2.24, 2.45) is 4.99 Å². The van der Waals surface area contributed by atoms with Crippen molar-refractivity contribution in [2.75, 3.05) is 32.9 Å². The average molecular weight is 244 g/mol. The van der Waals surface area contributed by atoms with Gasteiger partial charge >= 0.3 is 6.03 Å². The molecule has 0 radical (unpaired) electrons. The second-order valence-electron chi connectivity index (χ2n) is 3.87. The molecule has 0 saturated carbocycles. The molecule has 0 aromatic carbocycles. The van der Waals surface area contributed by atoms with Gasteiger partial charge in [0.25, 0.3) is 0 Å². The van der Waals surface area contributed by atoms with Crippen LogP contribution >= 0.6 is 11.8 Å². The highest BCUT2D eigenvalue weighted by molar-refractivity contribution is 8.14. The van der Waals surface area contributed by atoms with Gasteiger partial charge in [0.1, 0.15) is 0 Å². The van der Waals surface area contributed by atoms with Crippen LogP contribution in [0.5, 0.6) is 0 Å². The summed E-state index contributed by atoms with van der Waals surface area (Å²) in [6.07, 6.45) is 1.13. The van der Waals surface area contributed by atoms with Crippen molar-refractivity contribution in [3.05, 3.63) is 0 Å². The second-order valence-corrected chi connectivity index (χ2v) is 4.88. The molecule has 1 rings (SSSR count). The number of carbonyl (C=O) groups excluding carboxylic acids is 1. The molecule has 1 fully saturated rings. The third-order valence-electron chi connectivity index (χ3n) is 2.29. The van der Waals surface area contributed by atoms with E-state index in [0.29, 0.717) is 19.1 Å². The lowest BCUT2D eigenvalue weighted by atomic mass is 10.3. The summed E-state index contributed by atoms with van der Waals surface area (Å²) < 4.78 is 0. The van der Waals surface area contributed by atoms with Crippen LogP contribution in [0.2, 0.25) is 0 Å². The SMILES string of the molecule is CCC1CSC(=NCCNC(=O)N(C)C)N1. The number of hydrogen-bond donors (Lipinski definition) is 2. The number of carbonyl (C=O) groups is 1. The minimum atomic E-state index is -0.0707. The van der Waals surface area contributed by atoms with Crippen molar-refractivity contribution in [3.63, 3.8) is 0 Å². The Kier molecular flexibility index (Phi) is 5.45. The summed E-state index contributed by atoms with van der Waals surface area (Å²) in [4.78, 5) is 17.1. The Morgan fingerprint density at radius 1 is 1.69 bits per heavy atom. The lowest BCUT2D eigenvalue weighted by Crippen LogP contribution is -2.36. The highest BCUT2D eigenvalue weighted by atomic mass is 32.2. The maximum absolute atomic E-state index is 11.2. The van der Waals surface area contributed by atoms with Crippen LogP contribution in [0.4, 0.5) is 4.79 Å². The first-order valence-corrected chi connectivity index (χ1v) is 6.51. The molecule has 1 aliphatic heterocycles. The number of rotatable bonds is 4. The van der Waals surface area contributed by atoms with E-state index < -0.39 is 0 Å². The molecule has 1 aliphatic rings. The van der Waals surface area contributed by atoms with Gasteiger partial charge in [-0.05, 0) is 6.42 Å². The number of hydrogen-bond acceptors (Lipinski definition) is 3. The molecule has 2 amide bonds. The summed E-state index contributed by atoms with van der Waals surface area (Å²) >= 11 is 1.76. The van der Waals surface area contributed by atoms with Crippen LogP contribution in [-0.2, 0) is 0 Å². The fourth-order valence-corrected chi connectivity index (χ4v) is 2.34. The van der Waals surface area contributed by atoms with Crippen LogP contribution in [0.25, 0.3) is 0 Å². The highest BCUT2D eigenvalue weighted by Crippen LogP contribution is 2.15. The molecular weight excluding hydrogens is 224 g/mol. The number of aliphatic imine (C=N–C) groups is 1. The van der Waals surface area contributed by atoms with Gasteiger partial charge in [0.2, 0.25) is 0 Å². The number of nitrogens with one attached hydrogen (secondary N) is 2. The van der Waals surface area contributed by atoms with Crippen LogP contribution < -0.4 is 10.6 Å². The largest absolute Gasteiger partial charge is 0.361 e. The summed E-state index contributed by atoms with van der Waals surface area (Å²) in [5.41, 5.74) is 0. The van der Waals surface area contributed by atoms with Gasteiger partial charge in [-0.2, -0.15) is 0 Å². The zero-order valence-corrected chi connectivity index (χ0v) is 10.9. The van der Waals surface area contributed by atoms with Crippen molar-refractivity contribution >= 4 is 23.0 Å². The van der Waals surface area contributed by atoms with Crippen molar-refractivity contribution in [3.8, 4) is 0 Å². The summed E-state index contributed by atoms with van der Waals surface area (Å²) in [5.74, 6) is 1.10. The molecule has 0 spiro atoms. The molecule has 0 aromatic rings. The Hall–Kier alpha value is -0.910. The molecule has 0 aliphatic carbocycles. The molecule has 5 nitrogen and oxygen atoms in total. The summed E-state index contributed by atoms with van der Waals surface area (Å²) in [6.45, 7) is 3.38. The quantitative estimate of drug-likeness (QED) is 0.717. The Balaban J connectivity index is 2.15. The average Bonchev–Trinajstić information content (AvgIpc) is 2.71. The molecule has 92 valence electrons. The van der Waals surface area contributed by atoms with E-state index >= 15 is 0 Å². The number of thioether (sulfide) groups is 1. The van der Waals surface area contributed by atoms with Crippen LogP contribution in [0.3, 0.4) is 0 Å². The maximum Gasteiger partial charge on any atom is 0.316 e. The fourth-order valence-electron chi connectivity index (χ4n) is 1.23. The van der Waals surface area contributed by atoms with Crippen LogP contribution in [0, 0.1) is 0 Å². The number of urea groups is 1. The lowest BCUT2D eigenvalue weighted by Gasteiger charge is -2.10. The maximum atomic E-state index is 11.2. The van der Waals surface area contributed by atoms with Gasteiger partial charge in [0.15, 0.2) is 5.17 Å². The molecule has 0 bridgehead atoms. The monoisotopic (exact) mass is 244 g/mol. The third kappa shape index (κ3) is 4.30. The Labute approximate surface area is 101 Å². The van der Waals surface area contributed by atoms with Crippen molar-refractivity contribution in [1.29, 1.82) is 0 Å². The summed E-state index contributed by atoms with van der Waals surface area (Å²) in [5, 5.41) is 7.12. The molecule has 0 aromatic heterocycles. The third-order valence-corrected chi connectivity index (χ3v) is 3.38. The molecule has 1 atom stereocenters. The Morgan fingerprint density at radius 3 is 3.00 bits per heavy atom. The first-order valence-electron chi connectivity index (χ1n) is 5.52. The minimum absolute atomic E-state index is 0.0707. The molecule has 1 heterocycles. The van der Waals surface area contributed by atoms with Gasteiger partial charge in [-0.1, -0.05) is 18.7 Å². The van der Waals surface area contributed by atoms with Gasteiger partial charge in [0.05, 0.1) is 6.54 Å². The van der Waals surface area contributed by atoms with E-state index in [1.807, 2.05) is 0 Å². The zero-order chi connectivity index (χ0) is 12.0. The molecule has 16 heavy (non-hydrogen) atoms. The first-order chi connectivity index (χ1) is 7.63. The van der Waals surface area contributed by atoms with Crippen molar-refractivity contribution in [2.45, 2.75) is 19.4 Å². The number of amidine groups is 1. The number of nitrogens with zero attached hydrogens (tertiary/aromatic N) is 2. The smallest absolute Gasteiger partial charge is 0.316 e. The fraction of sp³-hybridized carbons (Fsp3) is 0.800. The lowest BCUT2D eigenvalue weighted by molar-refractivity contribution is 0.218. The van der Waals surface area contributed by atoms with Crippen LogP contribution in [0.15, 0.2) is 4.99 Å². The van der Waals surface area contributed by atoms with Gasteiger partial charge in [-0.3, -0.25) is 4.99 Å². The Bertz CT molecular complexity index is 268. The van der Waals surface area contributed by atoms with Gasteiger partial charge in [-0.15, -0.1) is 0 Å². The molecule has 6 heteroatoms.